The number of piperazine rings is 1. The Morgan fingerprint density at radius 3 is 2.38 bits per heavy atom. The van der Waals surface area contributed by atoms with Crippen molar-refractivity contribution < 1.29 is 18.1 Å². The summed E-state index contributed by atoms with van der Waals surface area (Å²) in [7, 11) is -3.50. The van der Waals surface area contributed by atoms with Crippen LogP contribution in [-0.4, -0.2) is 57.6 Å². The molecule has 0 spiro atoms. The van der Waals surface area contributed by atoms with Gasteiger partial charge in [-0.25, -0.2) is 13.8 Å². The van der Waals surface area contributed by atoms with Crippen molar-refractivity contribution >= 4 is 38.1 Å². The smallest absolute Gasteiger partial charge is 0.295 e. The Hall–Kier alpha value is -2.07. The fraction of sp³-hybridized carbons (Fsp3) is 0.300. The molecule has 1 heterocycles. The summed E-state index contributed by atoms with van der Waals surface area (Å²) in [6.07, 6.45) is 1.61. The highest BCUT2D eigenvalue weighted by Gasteiger charge is 2.31. The molecule has 154 valence electrons. The zero-order valence-corrected chi connectivity index (χ0v) is 18.5. The molecule has 9 heteroatoms. The molecule has 29 heavy (non-hydrogen) atoms. The number of hydrogen-bond acceptors (Lipinski definition) is 4. The first kappa shape index (κ1) is 21.6. The van der Waals surface area contributed by atoms with Crippen LogP contribution in [-0.2, 0) is 14.8 Å². The van der Waals surface area contributed by atoms with E-state index in [4.69, 9.17) is 0 Å². The summed E-state index contributed by atoms with van der Waals surface area (Å²) in [6, 6.07) is 14.5. The molecule has 2 N–H and O–H groups in total. The lowest BCUT2D eigenvalue weighted by Gasteiger charge is -2.31. The van der Waals surface area contributed by atoms with E-state index in [2.05, 4.69) is 26.5 Å². The van der Waals surface area contributed by atoms with Crippen molar-refractivity contribution in [3.05, 3.63) is 64.1 Å². The second-order valence-electron chi connectivity index (χ2n) is 6.99. The number of hydrogen-bond donors (Lipinski definition) is 2. The van der Waals surface area contributed by atoms with Gasteiger partial charge < -0.3 is 4.90 Å². The maximum Gasteiger partial charge on any atom is 0.295 e. The van der Waals surface area contributed by atoms with E-state index >= 15 is 0 Å². The summed E-state index contributed by atoms with van der Waals surface area (Å²) in [6.45, 7) is 4.18. The summed E-state index contributed by atoms with van der Waals surface area (Å²) in [5.41, 5.74) is 4.61. The van der Waals surface area contributed by atoms with Gasteiger partial charge in [-0.05, 0) is 36.8 Å². The molecule has 0 radical (unpaired) electrons. The summed E-state index contributed by atoms with van der Waals surface area (Å²) < 4.78 is 27.8. The third kappa shape index (κ3) is 5.96. The highest BCUT2D eigenvalue weighted by Crippen LogP contribution is 2.18. The molecule has 1 saturated heterocycles. The first-order valence-electron chi connectivity index (χ1n) is 9.32. The SMILES string of the molecule is Cc1ccc(/C=N\NC(=O)C[NH+]2CCN(S(=O)(=O)c3ccc(Br)cc3)CC2)cc1. The zero-order chi connectivity index (χ0) is 20.9. The fourth-order valence-electron chi connectivity index (χ4n) is 3.07. The molecule has 1 aliphatic rings. The third-order valence-electron chi connectivity index (χ3n) is 4.77. The van der Waals surface area contributed by atoms with Gasteiger partial charge in [-0.1, -0.05) is 45.8 Å². The van der Waals surface area contributed by atoms with Gasteiger partial charge in [0.25, 0.3) is 5.91 Å². The number of carbonyl (C=O) groups excluding carboxylic acids is 1. The number of hydrazone groups is 1. The molecule has 7 nitrogen and oxygen atoms in total. The number of amides is 1. The van der Waals surface area contributed by atoms with Crippen LogP contribution in [0.1, 0.15) is 11.1 Å². The molecular weight excluding hydrogens is 456 g/mol. The molecule has 1 fully saturated rings. The molecule has 2 aromatic rings. The van der Waals surface area contributed by atoms with E-state index in [9.17, 15) is 13.2 Å². The zero-order valence-electron chi connectivity index (χ0n) is 16.1. The molecule has 0 atom stereocenters. The minimum atomic E-state index is -3.50. The number of rotatable bonds is 6. The van der Waals surface area contributed by atoms with Crippen LogP contribution in [0.2, 0.25) is 0 Å². The number of quaternary nitrogens is 1. The number of aryl methyl sites for hydroxylation is 1. The van der Waals surface area contributed by atoms with Gasteiger partial charge in [0.05, 0.1) is 37.3 Å². The van der Waals surface area contributed by atoms with Gasteiger partial charge in [0.1, 0.15) is 0 Å². The number of nitrogens with zero attached hydrogens (tertiary/aromatic N) is 2. The first-order chi connectivity index (χ1) is 13.8. The van der Waals surface area contributed by atoms with E-state index < -0.39 is 10.0 Å². The first-order valence-corrected chi connectivity index (χ1v) is 11.6. The highest BCUT2D eigenvalue weighted by molar-refractivity contribution is 9.10. The summed E-state index contributed by atoms with van der Waals surface area (Å²) in [5, 5.41) is 3.99. The summed E-state index contributed by atoms with van der Waals surface area (Å²) in [5.74, 6) is -0.187. The van der Waals surface area contributed by atoms with Crippen LogP contribution < -0.4 is 10.3 Å². The highest BCUT2D eigenvalue weighted by atomic mass is 79.9. The number of carbonyl (C=O) groups is 1. The van der Waals surface area contributed by atoms with Crippen LogP contribution >= 0.6 is 15.9 Å². The summed E-state index contributed by atoms with van der Waals surface area (Å²) >= 11 is 3.31. The molecule has 0 aliphatic carbocycles. The molecular formula is C20H24BrN4O3S+. The molecule has 1 aliphatic heterocycles. The Morgan fingerprint density at radius 2 is 1.76 bits per heavy atom. The van der Waals surface area contributed by atoms with Crippen molar-refractivity contribution in [1.82, 2.24) is 9.73 Å². The minimum Gasteiger partial charge on any atom is -0.325 e. The van der Waals surface area contributed by atoms with Crippen molar-refractivity contribution in [3.63, 3.8) is 0 Å². The molecule has 0 saturated carbocycles. The normalized spacial score (nSPS) is 16.2. The Bertz CT molecular complexity index is 968. The Kier molecular flexibility index (Phi) is 7.18. The van der Waals surface area contributed by atoms with Gasteiger partial charge in [0.15, 0.2) is 6.54 Å². The molecule has 0 bridgehead atoms. The average Bonchev–Trinajstić information content (AvgIpc) is 2.70. The fourth-order valence-corrected chi connectivity index (χ4v) is 4.78. The van der Waals surface area contributed by atoms with Crippen molar-refractivity contribution in [1.29, 1.82) is 0 Å². The predicted octanol–water partition coefficient (Wildman–Crippen LogP) is 0.797. The van der Waals surface area contributed by atoms with Crippen LogP contribution in [0.25, 0.3) is 0 Å². The van der Waals surface area contributed by atoms with Gasteiger partial charge >= 0.3 is 0 Å². The van der Waals surface area contributed by atoms with Crippen LogP contribution in [0, 0.1) is 6.92 Å². The quantitative estimate of drug-likeness (QED) is 0.474. The predicted molar refractivity (Wildman–Crippen MR) is 115 cm³/mol. The van der Waals surface area contributed by atoms with Gasteiger partial charge in [0.2, 0.25) is 10.0 Å². The molecule has 3 rings (SSSR count). The number of benzene rings is 2. The maximum atomic E-state index is 12.7. The van der Waals surface area contributed by atoms with Gasteiger partial charge in [-0.3, -0.25) is 4.79 Å². The number of sulfonamides is 1. The Labute approximate surface area is 179 Å². The second kappa shape index (κ2) is 9.62. The maximum absolute atomic E-state index is 12.7. The lowest BCUT2D eigenvalue weighted by atomic mass is 10.2. The Balaban J connectivity index is 1.47. The largest absolute Gasteiger partial charge is 0.325 e. The average molecular weight is 480 g/mol. The van der Waals surface area contributed by atoms with Gasteiger partial charge in [-0.2, -0.15) is 9.41 Å². The van der Waals surface area contributed by atoms with E-state index in [-0.39, 0.29) is 17.3 Å². The second-order valence-corrected chi connectivity index (χ2v) is 9.84. The van der Waals surface area contributed by atoms with E-state index in [1.807, 2.05) is 31.2 Å². The molecule has 2 aromatic carbocycles. The molecule has 1 amide bonds. The summed E-state index contributed by atoms with van der Waals surface area (Å²) in [4.78, 5) is 13.4. The van der Waals surface area contributed by atoms with Gasteiger partial charge in [0, 0.05) is 4.47 Å². The lowest BCUT2D eigenvalue weighted by molar-refractivity contribution is -0.895. The van der Waals surface area contributed by atoms with Crippen molar-refractivity contribution in [3.8, 4) is 0 Å². The minimum absolute atomic E-state index is 0.187. The topological polar surface area (TPSA) is 83.3 Å². The Morgan fingerprint density at radius 1 is 1.14 bits per heavy atom. The van der Waals surface area contributed by atoms with E-state index in [1.165, 1.54) is 4.31 Å². The van der Waals surface area contributed by atoms with E-state index in [0.29, 0.717) is 26.2 Å². The molecule has 0 unspecified atom stereocenters. The van der Waals surface area contributed by atoms with Crippen LogP contribution in [0.5, 0.6) is 0 Å². The van der Waals surface area contributed by atoms with Gasteiger partial charge in [-0.15, -0.1) is 0 Å². The van der Waals surface area contributed by atoms with Crippen molar-refractivity contribution in [2.24, 2.45) is 5.10 Å². The third-order valence-corrected chi connectivity index (χ3v) is 7.21. The lowest BCUT2D eigenvalue weighted by Crippen LogP contribution is -3.15. The molecule has 0 aromatic heterocycles. The number of halogens is 1. The van der Waals surface area contributed by atoms with Crippen molar-refractivity contribution in [2.45, 2.75) is 11.8 Å². The van der Waals surface area contributed by atoms with E-state index in [1.54, 1.807) is 30.5 Å². The van der Waals surface area contributed by atoms with Crippen LogP contribution in [0.15, 0.2) is 63.0 Å². The monoisotopic (exact) mass is 479 g/mol. The van der Waals surface area contributed by atoms with E-state index in [0.717, 1.165) is 20.5 Å². The van der Waals surface area contributed by atoms with Crippen LogP contribution in [0.3, 0.4) is 0 Å². The number of nitrogens with one attached hydrogen (secondary N) is 2. The standard InChI is InChI=1S/C20H23BrN4O3S/c1-16-2-4-17(5-3-16)14-22-23-20(26)15-24-10-12-25(13-11-24)29(27,28)19-8-6-18(21)7-9-19/h2-9,14H,10-13,15H2,1H3,(H,23,26)/p+1/b22-14-. The van der Waals surface area contributed by atoms with Crippen molar-refractivity contribution in [2.75, 3.05) is 32.7 Å². The van der Waals surface area contributed by atoms with Crippen LogP contribution in [0.4, 0.5) is 0 Å².